The van der Waals surface area contributed by atoms with Crippen LogP contribution < -0.4 is 10.2 Å². The Morgan fingerprint density at radius 3 is 2.59 bits per heavy atom. The van der Waals surface area contributed by atoms with Crippen LogP contribution in [0.2, 0.25) is 0 Å². The molecule has 0 spiro atoms. The molecule has 194 valence electrons. The molecule has 3 saturated heterocycles. The second-order valence-electron chi connectivity index (χ2n) is 9.56. The zero-order chi connectivity index (χ0) is 26.1. The van der Waals surface area contributed by atoms with Crippen molar-refractivity contribution in [3.63, 3.8) is 0 Å². The predicted octanol–water partition coefficient (Wildman–Crippen LogP) is 2.75. The molecule has 3 aliphatic rings. The molecule has 0 radical (unpaired) electrons. The number of ether oxygens (including phenoxy) is 1. The van der Waals surface area contributed by atoms with Crippen LogP contribution in [0, 0.1) is 23.0 Å². The lowest BCUT2D eigenvalue weighted by atomic mass is 10.0. The summed E-state index contributed by atoms with van der Waals surface area (Å²) < 4.78 is 32.1. The highest BCUT2D eigenvalue weighted by atomic mass is 19.2. The van der Waals surface area contributed by atoms with Gasteiger partial charge in [-0.3, -0.25) is 4.90 Å². The van der Waals surface area contributed by atoms with Crippen molar-refractivity contribution in [1.29, 1.82) is 5.26 Å². The molecule has 2 N–H and O–H groups in total. The number of carbonyl (C=O) groups excluding carboxylic acids is 2. The third-order valence-corrected chi connectivity index (χ3v) is 7.39. The zero-order valence-corrected chi connectivity index (χ0v) is 20.0. The Labute approximate surface area is 212 Å². The Morgan fingerprint density at radius 2 is 1.86 bits per heavy atom. The van der Waals surface area contributed by atoms with E-state index in [0.717, 1.165) is 48.7 Å². The summed E-state index contributed by atoms with van der Waals surface area (Å²) in [6.45, 7) is 2.14. The number of β-amino-alcohol motifs (C(OH)–C–C–N with tert-alkyl or cyclic N) is 1. The summed E-state index contributed by atoms with van der Waals surface area (Å²) in [7, 11) is 0. The lowest BCUT2D eigenvalue weighted by Gasteiger charge is -2.38. The first-order valence-corrected chi connectivity index (χ1v) is 12.2. The number of amides is 3. The van der Waals surface area contributed by atoms with Crippen molar-refractivity contribution >= 4 is 17.8 Å². The summed E-state index contributed by atoms with van der Waals surface area (Å²) in [5, 5.41) is 22.8. The van der Waals surface area contributed by atoms with Crippen LogP contribution in [0.5, 0.6) is 0 Å². The normalized spacial score (nSPS) is 24.7. The van der Waals surface area contributed by atoms with E-state index in [1.165, 1.54) is 6.07 Å². The van der Waals surface area contributed by atoms with Crippen molar-refractivity contribution in [2.45, 2.75) is 37.1 Å². The SMILES string of the molecule is N#Cc1ccccc1N1CCC(N2CC(O)C(NC(=O)N3C(=O)OC[C@@H]3c3ccc(F)c(F)c3)C2)CC1. The van der Waals surface area contributed by atoms with Gasteiger partial charge in [0.1, 0.15) is 18.7 Å². The zero-order valence-electron chi connectivity index (χ0n) is 20.0. The number of imide groups is 1. The maximum Gasteiger partial charge on any atom is 0.418 e. The molecule has 3 fully saturated rings. The number of hydrogen-bond acceptors (Lipinski definition) is 7. The van der Waals surface area contributed by atoms with Gasteiger partial charge >= 0.3 is 12.1 Å². The highest BCUT2D eigenvalue weighted by Crippen LogP contribution is 2.30. The lowest BCUT2D eigenvalue weighted by molar-refractivity contribution is 0.134. The van der Waals surface area contributed by atoms with Gasteiger partial charge in [0.05, 0.1) is 23.4 Å². The summed E-state index contributed by atoms with van der Waals surface area (Å²) in [4.78, 5) is 30.5. The van der Waals surface area contributed by atoms with Gasteiger partial charge in [0, 0.05) is 32.2 Å². The number of rotatable bonds is 4. The quantitative estimate of drug-likeness (QED) is 0.650. The monoisotopic (exact) mass is 511 g/mol. The average Bonchev–Trinajstić information content (AvgIpc) is 3.48. The molecule has 2 unspecified atom stereocenters. The maximum absolute atomic E-state index is 13.7. The van der Waals surface area contributed by atoms with Gasteiger partial charge in [-0.25, -0.2) is 23.3 Å². The van der Waals surface area contributed by atoms with E-state index in [-0.39, 0.29) is 18.2 Å². The largest absolute Gasteiger partial charge is 0.446 e. The summed E-state index contributed by atoms with van der Waals surface area (Å²) in [5.74, 6) is -2.11. The molecule has 3 heterocycles. The number of cyclic esters (lactones) is 1. The third-order valence-electron chi connectivity index (χ3n) is 7.39. The molecular formula is C26H27F2N5O4. The maximum atomic E-state index is 13.7. The van der Waals surface area contributed by atoms with Crippen LogP contribution in [-0.2, 0) is 4.74 Å². The van der Waals surface area contributed by atoms with E-state index in [0.29, 0.717) is 18.7 Å². The molecule has 5 rings (SSSR count). The topological polar surface area (TPSA) is 109 Å². The van der Waals surface area contributed by atoms with Crippen molar-refractivity contribution in [2.24, 2.45) is 0 Å². The smallest absolute Gasteiger partial charge is 0.418 e. The number of likely N-dealkylation sites (tertiary alicyclic amines) is 1. The second-order valence-corrected chi connectivity index (χ2v) is 9.56. The van der Waals surface area contributed by atoms with Crippen LogP contribution in [0.25, 0.3) is 0 Å². The number of aliphatic hydroxyl groups excluding tert-OH is 1. The Balaban J connectivity index is 1.19. The van der Waals surface area contributed by atoms with E-state index < -0.39 is 41.9 Å². The third kappa shape index (κ3) is 4.95. The summed E-state index contributed by atoms with van der Waals surface area (Å²) in [6.07, 6.45) is -0.0450. The molecule has 3 aliphatic heterocycles. The van der Waals surface area contributed by atoms with Crippen LogP contribution in [0.4, 0.5) is 24.1 Å². The fourth-order valence-electron chi connectivity index (χ4n) is 5.41. The highest BCUT2D eigenvalue weighted by Gasteiger charge is 2.43. The van der Waals surface area contributed by atoms with Crippen molar-refractivity contribution in [3.05, 3.63) is 65.2 Å². The van der Waals surface area contributed by atoms with Gasteiger partial charge < -0.3 is 20.1 Å². The summed E-state index contributed by atoms with van der Waals surface area (Å²) >= 11 is 0. The number of para-hydroxylation sites is 1. The summed E-state index contributed by atoms with van der Waals surface area (Å²) in [5.41, 5.74) is 1.80. The van der Waals surface area contributed by atoms with Crippen LogP contribution in [-0.4, -0.2) is 78.0 Å². The van der Waals surface area contributed by atoms with Crippen molar-refractivity contribution in [1.82, 2.24) is 15.1 Å². The number of piperidine rings is 1. The molecule has 2 aromatic rings. The predicted molar refractivity (Wildman–Crippen MR) is 129 cm³/mol. The lowest BCUT2D eigenvalue weighted by Crippen LogP contribution is -2.50. The van der Waals surface area contributed by atoms with Crippen LogP contribution in [0.1, 0.15) is 30.0 Å². The fourth-order valence-corrected chi connectivity index (χ4v) is 5.41. The Hall–Kier alpha value is -3.75. The van der Waals surface area contributed by atoms with Crippen LogP contribution >= 0.6 is 0 Å². The van der Waals surface area contributed by atoms with Crippen LogP contribution in [0.3, 0.4) is 0 Å². The first kappa shape index (κ1) is 24.9. The standard InChI is InChI=1S/C26H27F2N5O4/c27-19-6-5-16(11-20(19)28)23-15-37-26(36)33(23)25(35)30-21-13-32(14-24(21)34)18-7-9-31(10-8-18)22-4-2-1-3-17(22)12-29/h1-6,11,18,21,23-24,34H,7-10,13-15H2,(H,30,35)/t21?,23-,24?/m1/s1. The van der Waals surface area contributed by atoms with E-state index in [1.807, 2.05) is 18.2 Å². The first-order chi connectivity index (χ1) is 17.9. The molecule has 2 aromatic carbocycles. The second kappa shape index (κ2) is 10.3. The number of aliphatic hydroxyl groups is 1. The van der Waals surface area contributed by atoms with Gasteiger partial charge in [-0.15, -0.1) is 0 Å². The Bertz CT molecular complexity index is 1230. The van der Waals surface area contributed by atoms with E-state index >= 15 is 0 Å². The van der Waals surface area contributed by atoms with E-state index in [9.17, 15) is 28.7 Å². The number of hydrogen-bond donors (Lipinski definition) is 2. The van der Waals surface area contributed by atoms with Gasteiger partial charge in [0.15, 0.2) is 11.6 Å². The molecule has 9 nitrogen and oxygen atoms in total. The molecule has 3 atom stereocenters. The fraction of sp³-hybridized carbons (Fsp3) is 0.423. The van der Waals surface area contributed by atoms with Gasteiger partial charge in [-0.05, 0) is 42.7 Å². The number of halogens is 2. The Morgan fingerprint density at radius 1 is 1.11 bits per heavy atom. The minimum Gasteiger partial charge on any atom is -0.446 e. The van der Waals surface area contributed by atoms with Crippen molar-refractivity contribution in [3.8, 4) is 6.07 Å². The number of benzene rings is 2. The van der Waals surface area contributed by atoms with E-state index in [1.54, 1.807) is 6.07 Å². The van der Waals surface area contributed by atoms with Gasteiger partial charge in [0.25, 0.3) is 0 Å². The Kier molecular flexibility index (Phi) is 6.95. The average molecular weight is 512 g/mol. The number of nitriles is 1. The first-order valence-electron chi connectivity index (χ1n) is 12.2. The number of anilines is 1. The minimum atomic E-state index is -1.08. The minimum absolute atomic E-state index is 0.176. The molecule has 0 aliphatic carbocycles. The summed E-state index contributed by atoms with van der Waals surface area (Å²) in [6, 6.07) is 10.9. The highest BCUT2D eigenvalue weighted by molar-refractivity contribution is 5.93. The van der Waals surface area contributed by atoms with E-state index in [4.69, 9.17) is 4.74 Å². The van der Waals surface area contributed by atoms with Gasteiger partial charge in [0.2, 0.25) is 0 Å². The molecule has 0 aromatic heterocycles. The van der Waals surface area contributed by atoms with Gasteiger partial charge in [-0.2, -0.15) is 5.26 Å². The van der Waals surface area contributed by atoms with Crippen LogP contribution in [0.15, 0.2) is 42.5 Å². The number of nitrogens with one attached hydrogen (secondary N) is 1. The molecule has 11 heteroatoms. The number of carbonyl (C=O) groups is 2. The molecule has 37 heavy (non-hydrogen) atoms. The number of nitrogens with zero attached hydrogens (tertiary/aromatic N) is 4. The number of urea groups is 1. The van der Waals surface area contributed by atoms with Crippen molar-refractivity contribution in [2.75, 3.05) is 37.7 Å². The van der Waals surface area contributed by atoms with Gasteiger partial charge in [-0.1, -0.05) is 18.2 Å². The molecule has 3 amide bonds. The van der Waals surface area contributed by atoms with E-state index in [2.05, 4.69) is 21.2 Å². The molecule has 0 saturated carbocycles. The molecular weight excluding hydrogens is 484 g/mol. The van der Waals surface area contributed by atoms with Crippen molar-refractivity contribution < 1.29 is 28.2 Å². The molecule has 0 bridgehead atoms.